The van der Waals surface area contributed by atoms with E-state index in [2.05, 4.69) is 11.5 Å². The molecule has 2 heterocycles. The minimum Gasteiger partial charge on any atom is -0.394 e. The highest BCUT2D eigenvalue weighted by Crippen LogP contribution is 2.37. The highest BCUT2D eigenvalue weighted by atomic mass is 17.1. The molecule has 12 heteroatoms. The molecule has 2 aliphatic rings. The summed E-state index contributed by atoms with van der Waals surface area (Å²) in [5, 5.41) is 68.0. The Hall–Kier alpha value is -0.740. The Balaban J connectivity index is 2.24. The van der Waals surface area contributed by atoms with E-state index in [0.29, 0.717) is 0 Å². The van der Waals surface area contributed by atoms with Crippen molar-refractivity contribution in [1.82, 2.24) is 0 Å². The van der Waals surface area contributed by atoms with Gasteiger partial charge in [0, 0.05) is 0 Å². The Morgan fingerprint density at radius 3 is 2.22 bits per heavy atom. The molecule has 7 N–H and O–H groups in total. The van der Waals surface area contributed by atoms with E-state index in [1.807, 2.05) is 0 Å². The Morgan fingerprint density at radius 2 is 1.67 bits per heavy atom. The number of aliphatic hydroxyl groups is 6. The molecule has 0 amide bonds. The summed E-state index contributed by atoms with van der Waals surface area (Å²) in [5.41, 5.74) is 0. The lowest BCUT2D eigenvalue weighted by atomic mass is 9.99. The third-order valence-electron chi connectivity index (χ3n) is 4.50. The summed E-state index contributed by atoms with van der Waals surface area (Å²) in [6.07, 6.45) is -10.5. The van der Waals surface area contributed by atoms with Gasteiger partial charge in [0.25, 0.3) is 0 Å². The molecule has 9 atom stereocenters. The van der Waals surface area contributed by atoms with Gasteiger partial charge in [-0.1, -0.05) is 6.08 Å². The van der Waals surface area contributed by atoms with E-state index in [9.17, 15) is 30.6 Å². The minimum atomic E-state index is -2.15. The van der Waals surface area contributed by atoms with E-state index in [1.165, 1.54) is 6.08 Å². The smallest absolute Gasteiger partial charge is 0.227 e. The van der Waals surface area contributed by atoms with Gasteiger partial charge in [-0.3, -0.25) is 5.26 Å². The Labute approximate surface area is 154 Å². The largest absolute Gasteiger partial charge is 0.394 e. The van der Waals surface area contributed by atoms with Crippen molar-refractivity contribution in [2.75, 3.05) is 26.4 Å². The highest BCUT2D eigenvalue weighted by molar-refractivity contribution is 4.99. The van der Waals surface area contributed by atoms with E-state index >= 15 is 0 Å². The molecule has 2 fully saturated rings. The predicted octanol–water partition coefficient (Wildman–Crippen LogP) is -3.69. The lowest BCUT2D eigenvalue weighted by molar-refractivity contribution is -0.406. The molecule has 27 heavy (non-hydrogen) atoms. The quantitative estimate of drug-likeness (QED) is 0.115. The Morgan fingerprint density at radius 1 is 1.00 bits per heavy atom. The normalized spacial score (nSPS) is 45.1. The van der Waals surface area contributed by atoms with Crippen molar-refractivity contribution in [3.8, 4) is 0 Å². The molecule has 2 aliphatic heterocycles. The molecule has 12 nitrogen and oxygen atoms in total. The third-order valence-corrected chi connectivity index (χ3v) is 4.50. The van der Waals surface area contributed by atoms with E-state index in [0.717, 1.165) is 0 Å². The standard InChI is InChI=1S/C15H26O12/c1-2-3-23-12-8(5-17)26-15(6-24-22,13(12)21)27-14-11(20)10(19)9(18)7(4-16)25-14/h2,7-14,16-22H,1,3-6H2/t7-,8-,9-,10+,11-,12-,13+,14-,15+/m1/s1. The first-order valence-corrected chi connectivity index (χ1v) is 8.29. The fraction of sp³-hybridized carbons (Fsp3) is 0.867. The number of hydrogen-bond donors (Lipinski definition) is 7. The van der Waals surface area contributed by atoms with Crippen LogP contribution in [0.25, 0.3) is 0 Å². The van der Waals surface area contributed by atoms with Gasteiger partial charge in [-0.25, -0.2) is 4.89 Å². The topological polar surface area (TPSA) is 188 Å². The molecule has 0 radical (unpaired) electrons. The van der Waals surface area contributed by atoms with Crippen molar-refractivity contribution in [2.45, 2.75) is 54.8 Å². The molecule has 0 unspecified atom stereocenters. The molecule has 0 aromatic carbocycles. The van der Waals surface area contributed by atoms with Crippen LogP contribution < -0.4 is 0 Å². The lowest BCUT2D eigenvalue weighted by Crippen LogP contribution is -2.62. The van der Waals surface area contributed by atoms with Crippen LogP contribution in [0.5, 0.6) is 0 Å². The number of ether oxygens (including phenoxy) is 4. The predicted molar refractivity (Wildman–Crippen MR) is 84.1 cm³/mol. The van der Waals surface area contributed by atoms with Crippen LogP contribution in [0, 0.1) is 0 Å². The first kappa shape index (κ1) is 22.5. The van der Waals surface area contributed by atoms with Crippen molar-refractivity contribution in [3.05, 3.63) is 12.7 Å². The van der Waals surface area contributed by atoms with Gasteiger partial charge >= 0.3 is 0 Å². The lowest BCUT2D eigenvalue weighted by Gasteiger charge is -2.43. The molecule has 2 saturated heterocycles. The summed E-state index contributed by atoms with van der Waals surface area (Å²) >= 11 is 0. The zero-order chi connectivity index (χ0) is 20.2. The third kappa shape index (κ3) is 4.48. The Kier molecular flexibility index (Phi) is 8.05. The van der Waals surface area contributed by atoms with Crippen LogP contribution in [-0.2, 0) is 23.8 Å². The second-order valence-electron chi connectivity index (χ2n) is 6.27. The molecule has 158 valence electrons. The zero-order valence-electron chi connectivity index (χ0n) is 14.4. The van der Waals surface area contributed by atoms with Crippen molar-refractivity contribution in [2.24, 2.45) is 0 Å². The second kappa shape index (κ2) is 9.65. The fourth-order valence-corrected chi connectivity index (χ4v) is 3.07. The first-order chi connectivity index (χ1) is 12.8. The van der Waals surface area contributed by atoms with Crippen molar-refractivity contribution in [1.29, 1.82) is 0 Å². The number of rotatable bonds is 9. The molecular weight excluding hydrogens is 372 g/mol. The van der Waals surface area contributed by atoms with Crippen LogP contribution in [0.4, 0.5) is 0 Å². The van der Waals surface area contributed by atoms with Crippen LogP contribution in [0.3, 0.4) is 0 Å². The monoisotopic (exact) mass is 398 g/mol. The van der Waals surface area contributed by atoms with Gasteiger partial charge in [0.1, 0.15) is 49.3 Å². The van der Waals surface area contributed by atoms with Gasteiger partial charge in [0.15, 0.2) is 6.29 Å². The maximum Gasteiger partial charge on any atom is 0.227 e. The number of hydrogen-bond acceptors (Lipinski definition) is 12. The van der Waals surface area contributed by atoms with Crippen molar-refractivity contribution < 1.29 is 59.7 Å². The SMILES string of the molecule is C=CCO[C@@H]1[C@@H](CO)O[C@@](COO)(O[C@H]2O[C@H](CO)[C@@H](O)[C@H](O)[C@H]2O)[C@H]1O. The van der Waals surface area contributed by atoms with Gasteiger partial charge in [-0.15, -0.1) is 6.58 Å². The van der Waals surface area contributed by atoms with Crippen LogP contribution in [0.2, 0.25) is 0 Å². The van der Waals surface area contributed by atoms with E-state index in [-0.39, 0.29) is 6.61 Å². The molecule has 0 spiro atoms. The van der Waals surface area contributed by atoms with Crippen LogP contribution in [-0.4, -0.2) is 117 Å². The zero-order valence-corrected chi connectivity index (χ0v) is 14.4. The van der Waals surface area contributed by atoms with Gasteiger partial charge in [-0.2, -0.15) is 0 Å². The Bertz CT molecular complexity index is 476. The maximum atomic E-state index is 10.6. The van der Waals surface area contributed by atoms with E-state index in [1.54, 1.807) is 0 Å². The van der Waals surface area contributed by atoms with Gasteiger partial charge in [0.05, 0.1) is 19.8 Å². The average Bonchev–Trinajstić information content (AvgIpc) is 2.92. The first-order valence-electron chi connectivity index (χ1n) is 8.29. The summed E-state index contributed by atoms with van der Waals surface area (Å²) in [7, 11) is 0. The maximum absolute atomic E-state index is 10.6. The van der Waals surface area contributed by atoms with Crippen LogP contribution >= 0.6 is 0 Å². The molecule has 0 aliphatic carbocycles. The fourth-order valence-electron chi connectivity index (χ4n) is 3.07. The van der Waals surface area contributed by atoms with Crippen LogP contribution in [0.1, 0.15) is 0 Å². The van der Waals surface area contributed by atoms with Crippen molar-refractivity contribution >= 4 is 0 Å². The summed E-state index contributed by atoms with van der Waals surface area (Å²) in [6, 6.07) is 0. The molecule has 2 rings (SSSR count). The van der Waals surface area contributed by atoms with Crippen molar-refractivity contribution in [3.63, 3.8) is 0 Å². The summed E-state index contributed by atoms with van der Waals surface area (Å²) in [4.78, 5) is 4.06. The van der Waals surface area contributed by atoms with E-state index in [4.69, 9.17) is 24.2 Å². The number of aliphatic hydroxyl groups excluding tert-OH is 6. The van der Waals surface area contributed by atoms with E-state index < -0.39 is 74.6 Å². The van der Waals surface area contributed by atoms with Gasteiger partial charge in [0.2, 0.25) is 5.79 Å². The summed E-state index contributed by atoms with van der Waals surface area (Å²) < 4.78 is 21.5. The molecule has 0 bridgehead atoms. The van der Waals surface area contributed by atoms with Crippen LogP contribution in [0.15, 0.2) is 12.7 Å². The van der Waals surface area contributed by atoms with Gasteiger partial charge < -0.3 is 49.6 Å². The molecular formula is C15H26O12. The van der Waals surface area contributed by atoms with Gasteiger partial charge in [-0.05, 0) is 0 Å². The molecule has 0 aromatic heterocycles. The average molecular weight is 398 g/mol. The summed E-state index contributed by atoms with van der Waals surface area (Å²) in [6.45, 7) is 1.44. The second-order valence-corrected chi connectivity index (χ2v) is 6.27. The minimum absolute atomic E-state index is 0.0116. The molecule has 0 aromatic rings. The summed E-state index contributed by atoms with van der Waals surface area (Å²) in [5.74, 6) is -2.15. The molecule has 0 saturated carbocycles. The highest BCUT2D eigenvalue weighted by Gasteiger charge is 2.59.